The molecule has 7 heteroatoms. The molecule has 0 spiro atoms. The summed E-state index contributed by atoms with van der Waals surface area (Å²) in [7, 11) is 0. The number of rotatable bonds is 3. The first-order valence-electron chi connectivity index (χ1n) is 8.17. The van der Waals surface area contributed by atoms with Crippen LogP contribution in [0.15, 0.2) is 11.3 Å². The molecule has 2 aliphatic heterocycles. The SMILES string of the molecule is Cc1cn2c(n1)CC[C@H](NC(=O)C1=NN(C(C)C)C(=O)CC1)C2. The summed E-state index contributed by atoms with van der Waals surface area (Å²) in [5.74, 6) is 0.903. The largest absolute Gasteiger partial charge is 0.346 e. The Morgan fingerprint density at radius 2 is 2.13 bits per heavy atom. The number of amides is 2. The fourth-order valence-electron chi connectivity index (χ4n) is 3.11. The zero-order chi connectivity index (χ0) is 16.6. The maximum atomic E-state index is 12.5. The van der Waals surface area contributed by atoms with Gasteiger partial charge in [-0.05, 0) is 27.2 Å². The van der Waals surface area contributed by atoms with E-state index in [1.165, 1.54) is 5.01 Å². The monoisotopic (exact) mass is 317 g/mol. The van der Waals surface area contributed by atoms with E-state index in [2.05, 4.69) is 20.0 Å². The quantitative estimate of drug-likeness (QED) is 0.903. The standard InChI is InChI=1S/C16H23N5O2/c1-10(2)21-15(22)7-5-13(19-21)16(23)18-12-4-6-14-17-11(3)8-20(14)9-12/h8,10,12H,4-7,9H2,1-3H3,(H,18,23)/t12-/m0/s1. The average molecular weight is 317 g/mol. The number of carbonyl (C=O) groups excluding carboxylic acids is 2. The van der Waals surface area contributed by atoms with Crippen molar-refractivity contribution in [2.24, 2.45) is 5.10 Å². The first-order valence-corrected chi connectivity index (χ1v) is 8.17. The maximum Gasteiger partial charge on any atom is 0.267 e. The van der Waals surface area contributed by atoms with Gasteiger partial charge >= 0.3 is 0 Å². The number of hydrogen-bond acceptors (Lipinski definition) is 4. The molecule has 124 valence electrons. The lowest BCUT2D eigenvalue weighted by Gasteiger charge is -2.28. The van der Waals surface area contributed by atoms with Gasteiger partial charge in [0.15, 0.2) is 0 Å². The lowest BCUT2D eigenvalue weighted by Crippen LogP contribution is -2.46. The molecule has 7 nitrogen and oxygen atoms in total. The molecule has 0 aliphatic carbocycles. The Hall–Kier alpha value is -2.18. The van der Waals surface area contributed by atoms with Gasteiger partial charge in [-0.2, -0.15) is 5.10 Å². The minimum atomic E-state index is -0.159. The van der Waals surface area contributed by atoms with Gasteiger partial charge in [0.1, 0.15) is 11.5 Å². The predicted octanol–water partition coefficient (Wildman–Crippen LogP) is 1.01. The van der Waals surface area contributed by atoms with Crippen molar-refractivity contribution in [3.05, 3.63) is 17.7 Å². The second-order valence-corrected chi connectivity index (χ2v) is 6.54. The molecule has 2 amide bonds. The van der Waals surface area contributed by atoms with Crippen molar-refractivity contribution in [2.75, 3.05) is 0 Å². The van der Waals surface area contributed by atoms with Crippen LogP contribution < -0.4 is 5.32 Å². The van der Waals surface area contributed by atoms with Crippen molar-refractivity contribution in [2.45, 2.75) is 65.1 Å². The van der Waals surface area contributed by atoms with Crippen molar-refractivity contribution in [3.8, 4) is 0 Å². The molecule has 0 aromatic carbocycles. The molecule has 0 saturated heterocycles. The van der Waals surface area contributed by atoms with Gasteiger partial charge in [-0.25, -0.2) is 9.99 Å². The van der Waals surface area contributed by atoms with Gasteiger partial charge in [-0.3, -0.25) is 9.59 Å². The third-order valence-corrected chi connectivity index (χ3v) is 4.26. The summed E-state index contributed by atoms with van der Waals surface area (Å²) in [6, 6.07) is 0.0493. The predicted molar refractivity (Wildman–Crippen MR) is 85.9 cm³/mol. The molecule has 0 radical (unpaired) electrons. The Morgan fingerprint density at radius 1 is 1.35 bits per heavy atom. The first kappa shape index (κ1) is 15.7. The number of carbonyl (C=O) groups is 2. The number of hydrogen-bond donors (Lipinski definition) is 1. The molecular weight excluding hydrogens is 294 g/mol. The van der Waals surface area contributed by atoms with Crippen molar-refractivity contribution in [1.82, 2.24) is 19.9 Å². The van der Waals surface area contributed by atoms with E-state index in [4.69, 9.17) is 0 Å². The Kier molecular flexibility index (Phi) is 4.19. The molecule has 2 aliphatic rings. The van der Waals surface area contributed by atoms with Gasteiger partial charge in [-0.15, -0.1) is 0 Å². The van der Waals surface area contributed by atoms with Crippen molar-refractivity contribution < 1.29 is 9.59 Å². The molecule has 1 aromatic rings. The Morgan fingerprint density at radius 3 is 2.87 bits per heavy atom. The first-order chi connectivity index (χ1) is 10.9. The van der Waals surface area contributed by atoms with Gasteiger partial charge in [0.05, 0.1) is 5.69 Å². The fraction of sp³-hybridized carbons (Fsp3) is 0.625. The summed E-state index contributed by atoms with van der Waals surface area (Å²) in [6.07, 6.45) is 4.52. The lowest BCUT2D eigenvalue weighted by molar-refractivity contribution is -0.133. The molecule has 0 saturated carbocycles. The van der Waals surface area contributed by atoms with Crippen LogP contribution in [0, 0.1) is 6.92 Å². The van der Waals surface area contributed by atoms with E-state index < -0.39 is 0 Å². The van der Waals surface area contributed by atoms with Crippen LogP contribution in [0.3, 0.4) is 0 Å². The van der Waals surface area contributed by atoms with Crippen LogP contribution >= 0.6 is 0 Å². The number of hydrazone groups is 1. The third-order valence-electron chi connectivity index (χ3n) is 4.26. The highest BCUT2D eigenvalue weighted by molar-refractivity contribution is 6.39. The number of nitrogens with one attached hydrogen (secondary N) is 1. The van der Waals surface area contributed by atoms with Gasteiger partial charge in [-0.1, -0.05) is 0 Å². The molecule has 1 aromatic heterocycles. The van der Waals surface area contributed by atoms with E-state index in [9.17, 15) is 9.59 Å². The topological polar surface area (TPSA) is 79.6 Å². The summed E-state index contributed by atoms with van der Waals surface area (Å²) in [5.41, 5.74) is 1.46. The van der Waals surface area contributed by atoms with Crippen LogP contribution in [0.25, 0.3) is 0 Å². The number of fused-ring (bicyclic) bond motifs is 1. The van der Waals surface area contributed by atoms with Gasteiger partial charge in [0.2, 0.25) is 5.91 Å². The van der Waals surface area contributed by atoms with Crippen molar-refractivity contribution in [1.29, 1.82) is 0 Å². The van der Waals surface area contributed by atoms with Crippen LogP contribution in [0.2, 0.25) is 0 Å². The third kappa shape index (κ3) is 3.28. The minimum Gasteiger partial charge on any atom is -0.346 e. The minimum absolute atomic E-state index is 0.0206. The Bertz CT molecular complexity index is 661. The Labute approximate surface area is 135 Å². The number of aryl methyl sites for hydroxylation is 2. The second kappa shape index (κ2) is 6.14. The highest BCUT2D eigenvalue weighted by Crippen LogP contribution is 2.16. The summed E-state index contributed by atoms with van der Waals surface area (Å²) in [4.78, 5) is 28.7. The van der Waals surface area contributed by atoms with Crippen LogP contribution in [0.5, 0.6) is 0 Å². The molecule has 0 bridgehead atoms. The van der Waals surface area contributed by atoms with E-state index in [1.807, 2.05) is 27.0 Å². The Balaban J connectivity index is 1.66. The molecule has 3 rings (SSSR count). The van der Waals surface area contributed by atoms with Gasteiger partial charge in [0, 0.05) is 44.1 Å². The van der Waals surface area contributed by atoms with Crippen LogP contribution in [0.1, 0.15) is 44.6 Å². The van der Waals surface area contributed by atoms with Crippen molar-refractivity contribution >= 4 is 17.5 Å². The van der Waals surface area contributed by atoms with E-state index in [0.29, 0.717) is 18.6 Å². The smallest absolute Gasteiger partial charge is 0.267 e. The number of imidazole rings is 1. The zero-order valence-corrected chi connectivity index (χ0v) is 13.9. The molecular formula is C16H23N5O2. The number of aromatic nitrogens is 2. The normalized spacial score (nSPS) is 21.2. The average Bonchev–Trinajstić information content (AvgIpc) is 2.86. The molecule has 23 heavy (non-hydrogen) atoms. The van der Waals surface area contributed by atoms with Crippen molar-refractivity contribution in [3.63, 3.8) is 0 Å². The highest BCUT2D eigenvalue weighted by Gasteiger charge is 2.28. The maximum absolute atomic E-state index is 12.5. The van der Waals surface area contributed by atoms with Crippen LogP contribution in [-0.4, -0.2) is 44.2 Å². The summed E-state index contributed by atoms with van der Waals surface area (Å²) in [5, 5.41) is 8.72. The van der Waals surface area contributed by atoms with E-state index in [0.717, 1.165) is 30.9 Å². The van der Waals surface area contributed by atoms with Crippen LogP contribution in [0.4, 0.5) is 0 Å². The number of nitrogens with zero attached hydrogens (tertiary/aromatic N) is 4. The molecule has 1 atom stereocenters. The zero-order valence-electron chi connectivity index (χ0n) is 13.9. The molecule has 0 unspecified atom stereocenters. The second-order valence-electron chi connectivity index (χ2n) is 6.54. The fourth-order valence-corrected chi connectivity index (χ4v) is 3.11. The van der Waals surface area contributed by atoms with Gasteiger partial charge in [0.25, 0.3) is 5.91 Å². The van der Waals surface area contributed by atoms with E-state index in [-0.39, 0.29) is 23.9 Å². The lowest BCUT2D eigenvalue weighted by atomic mass is 10.1. The molecule has 3 heterocycles. The highest BCUT2D eigenvalue weighted by atomic mass is 16.2. The molecule has 0 fully saturated rings. The van der Waals surface area contributed by atoms with Gasteiger partial charge < -0.3 is 9.88 Å². The summed E-state index contributed by atoms with van der Waals surface area (Å²) < 4.78 is 2.11. The molecule has 1 N–H and O–H groups in total. The van der Waals surface area contributed by atoms with E-state index >= 15 is 0 Å². The summed E-state index contributed by atoms with van der Waals surface area (Å²) in [6.45, 7) is 6.51. The van der Waals surface area contributed by atoms with E-state index in [1.54, 1.807) is 0 Å². The van der Waals surface area contributed by atoms with Crippen LogP contribution in [-0.2, 0) is 22.6 Å². The summed E-state index contributed by atoms with van der Waals surface area (Å²) >= 11 is 0.